The lowest BCUT2D eigenvalue weighted by Gasteiger charge is -2.68. The van der Waals surface area contributed by atoms with Crippen molar-refractivity contribution in [2.45, 2.75) is 128 Å². The van der Waals surface area contributed by atoms with E-state index in [2.05, 4.69) is 11.9 Å². The molecule has 1 aromatic heterocycles. The highest BCUT2D eigenvalue weighted by molar-refractivity contribution is 8.13. The maximum atomic E-state index is 14.3. The van der Waals surface area contributed by atoms with Crippen molar-refractivity contribution in [1.82, 2.24) is 5.32 Å². The minimum absolute atomic E-state index is 0.0477. The van der Waals surface area contributed by atoms with Crippen molar-refractivity contribution in [2.24, 2.45) is 16.7 Å². The molecule has 0 unspecified atom stereocenters. The number of benzene rings is 1. The predicted octanol–water partition coefficient (Wildman–Crippen LogP) is 5.13. The van der Waals surface area contributed by atoms with Gasteiger partial charge in [-0.05, 0) is 54.3 Å². The van der Waals surface area contributed by atoms with Gasteiger partial charge in [0.15, 0.2) is 11.7 Å². The highest BCUT2D eigenvalue weighted by Gasteiger charge is 2.77. The molecular formula is C44H55NO14S. The van der Waals surface area contributed by atoms with Gasteiger partial charge in [-0.1, -0.05) is 70.7 Å². The summed E-state index contributed by atoms with van der Waals surface area (Å²) in [5.74, 6) is -4.20. The van der Waals surface area contributed by atoms with Crippen LogP contribution < -0.4 is 5.32 Å². The molecule has 1 aromatic carbocycles. The standard InChI is InChI=1S/C44H55NO14S/c1-9-10-19-60-40(52)45-33(28-17-14-18-54-28)34(49)39(51)57-29-21-44(53)37(58-38(50)27-15-12-11-13-16-27)36-42(8,30(48)20-31-43(36,22-55-31)59-26(5)47)24(3)35(56-25(4)46)32(23(29)2)41(44,6)7/h11-18,29-31,33-37,48-49,53H,3,9-10,19-22H2,1-2,4-8H3,(H,45,52)/t29-,30-,31+,33-,34+,35-,36-,37-,42+,43-,44+/m0/s1. The van der Waals surface area contributed by atoms with Crippen LogP contribution in [0.1, 0.15) is 96.3 Å². The third-order valence-electron chi connectivity index (χ3n) is 13.1. The first kappa shape index (κ1) is 45.1. The number of aliphatic hydroxyl groups excluding tert-OH is 2. The monoisotopic (exact) mass is 853 g/mol. The van der Waals surface area contributed by atoms with Crippen molar-refractivity contribution in [2.75, 3.05) is 12.4 Å². The first-order valence-electron chi connectivity index (χ1n) is 20.1. The molecule has 4 aliphatic rings. The lowest BCUT2D eigenvalue weighted by molar-refractivity contribution is -0.346. The van der Waals surface area contributed by atoms with Gasteiger partial charge in [0.2, 0.25) is 0 Å². The summed E-state index contributed by atoms with van der Waals surface area (Å²) in [6.45, 7) is 15.2. The van der Waals surface area contributed by atoms with Crippen molar-refractivity contribution in [1.29, 1.82) is 0 Å². The van der Waals surface area contributed by atoms with Crippen molar-refractivity contribution < 1.29 is 67.4 Å². The fourth-order valence-corrected chi connectivity index (χ4v) is 10.6. The molecule has 0 spiro atoms. The number of hydrogen-bond donors (Lipinski definition) is 4. The molecule has 1 amide bonds. The molecule has 15 nitrogen and oxygen atoms in total. The Morgan fingerprint density at radius 3 is 2.30 bits per heavy atom. The lowest BCUT2D eigenvalue weighted by atomic mass is 9.44. The molecule has 1 saturated heterocycles. The van der Waals surface area contributed by atoms with Crippen LogP contribution in [0.5, 0.6) is 0 Å². The zero-order valence-electron chi connectivity index (χ0n) is 34.9. The van der Waals surface area contributed by atoms with E-state index in [1.807, 2.05) is 6.92 Å². The molecule has 16 heteroatoms. The largest absolute Gasteiger partial charge is 0.467 e. The zero-order valence-corrected chi connectivity index (χ0v) is 35.7. The summed E-state index contributed by atoms with van der Waals surface area (Å²) < 4.78 is 36.2. The summed E-state index contributed by atoms with van der Waals surface area (Å²) in [7, 11) is 0. The second-order valence-electron chi connectivity index (χ2n) is 16.9. The molecule has 2 aromatic rings. The molecule has 326 valence electrons. The average molecular weight is 854 g/mol. The summed E-state index contributed by atoms with van der Waals surface area (Å²) in [5.41, 5.74) is -6.14. The van der Waals surface area contributed by atoms with E-state index >= 15 is 0 Å². The van der Waals surface area contributed by atoms with Crippen LogP contribution in [0.4, 0.5) is 4.79 Å². The first-order chi connectivity index (χ1) is 28.2. The van der Waals surface area contributed by atoms with E-state index in [1.165, 1.54) is 44.4 Å². The zero-order chi connectivity index (χ0) is 43.9. The number of carbonyl (C=O) groups excluding carboxylic acids is 5. The third-order valence-corrected chi connectivity index (χ3v) is 14.0. The van der Waals surface area contributed by atoms with Crippen molar-refractivity contribution in [3.05, 3.63) is 83.3 Å². The molecule has 4 N–H and O–H groups in total. The van der Waals surface area contributed by atoms with Gasteiger partial charge in [0.05, 0.1) is 30.5 Å². The number of aliphatic hydroxyl groups is 3. The molecule has 2 heterocycles. The Labute approximate surface area is 353 Å². The fourth-order valence-electron chi connectivity index (χ4n) is 9.77. The van der Waals surface area contributed by atoms with E-state index in [0.717, 1.165) is 24.6 Å². The summed E-state index contributed by atoms with van der Waals surface area (Å²) in [6.07, 6.45) is -6.21. The molecule has 2 saturated carbocycles. The summed E-state index contributed by atoms with van der Waals surface area (Å²) in [4.78, 5) is 67.4. The molecule has 11 atom stereocenters. The van der Waals surface area contributed by atoms with Gasteiger partial charge in [-0.2, -0.15) is 0 Å². The average Bonchev–Trinajstić information content (AvgIpc) is 3.73. The van der Waals surface area contributed by atoms with Gasteiger partial charge in [0, 0.05) is 43.3 Å². The van der Waals surface area contributed by atoms with E-state index in [1.54, 1.807) is 45.9 Å². The number of carbonyl (C=O) groups is 5. The number of hydrogen-bond acceptors (Lipinski definition) is 15. The third kappa shape index (κ3) is 7.69. The predicted molar refractivity (Wildman–Crippen MR) is 216 cm³/mol. The number of amides is 1. The van der Waals surface area contributed by atoms with Crippen LogP contribution in [0.15, 0.2) is 76.4 Å². The second-order valence-corrected chi connectivity index (χ2v) is 18.0. The highest BCUT2D eigenvalue weighted by Crippen LogP contribution is 2.66. The first-order valence-corrected chi connectivity index (χ1v) is 21.1. The van der Waals surface area contributed by atoms with Gasteiger partial charge in [-0.25, -0.2) is 9.59 Å². The summed E-state index contributed by atoms with van der Waals surface area (Å²) in [5, 5.41) is 39.6. The SMILES string of the molecule is C=C1[C@H](OC(C)=O)C2=C(C)[C@@H](OC(=O)[C@H](O)[C@@H](NC(=O)SCCCC)c3ccco3)C[C@@](O)([C@@H](OC(=O)c3ccccc3)[C@@H]3[C@]4(OC(C)=O)CO[C@@H]4C[C@H](O)[C@@]13C)C2(C)C. The van der Waals surface area contributed by atoms with E-state index < -0.39 is 106 Å². The van der Waals surface area contributed by atoms with Gasteiger partial charge >= 0.3 is 23.9 Å². The fraction of sp³-hybridized carbons (Fsp3) is 0.568. The number of nitrogens with one attached hydrogen (secondary N) is 1. The maximum absolute atomic E-state index is 14.3. The Morgan fingerprint density at radius 2 is 1.72 bits per heavy atom. The van der Waals surface area contributed by atoms with Gasteiger partial charge in [-0.3, -0.25) is 14.4 Å². The quantitative estimate of drug-likeness (QED) is 0.0942. The van der Waals surface area contributed by atoms with Crippen LogP contribution in [0, 0.1) is 16.7 Å². The maximum Gasteiger partial charge on any atom is 0.338 e. The minimum Gasteiger partial charge on any atom is -0.467 e. The number of thioether (sulfide) groups is 1. The lowest BCUT2D eigenvalue weighted by Crippen LogP contribution is -2.80. The topological polar surface area (TPSA) is 217 Å². The van der Waals surface area contributed by atoms with E-state index in [9.17, 15) is 39.3 Å². The molecule has 0 radical (unpaired) electrons. The van der Waals surface area contributed by atoms with Crippen LogP contribution in [0.2, 0.25) is 0 Å². The van der Waals surface area contributed by atoms with Crippen LogP contribution >= 0.6 is 11.8 Å². The molecule has 1 aliphatic heterocycles. The Kier molecular flexibility index (Phi) is 12.9. The highest BCUT2D eigenvalue weighted by atomic mass is 32.2. The number of rotatable bonds is 12. The summed E-state index contributed by atoms with van der Waals surface area (Å²) in [6, 6.07) is 9.70. The molecule has 60 heavy (non-hydrogen) atoms. The Bertz CT molecular complexity index is 2020. The Morgan fingerprint density at radius 1 is 1.02 bits per heavy atom. The normalized spacial score (nSPS) is 32.7. The molecule has 6 rings (SSSR count). The Hall–Kier alpha value is -4.48. The van der Waals surface area contributed by atoms with E-state index in [0.29, 0.717) is 11.3 Å². The second kappa shape index (κ2) is 17.1. The van der Waals surface area contributed by atoms with E-state index in [4.69, 9.17) is 28.1 Å². The van der Waals surface area contributed by atoms with Crippen LogP contribution in [0.3, 0.4) is 0 Å². The molecule has 3 fully saturated rings. The van der Waals surface area contributed by atoms with Crippen LogP contribution in [-0.4, -0.2) is 105 Å². The smallest absolute Gasteiger partial charge is 0.338 e. The number of fused-ring (bicyclic) bond motifs is 5. The Balaban J connectivity index is 1.52. The van der Waals surface area contributed by atoms with Crippen LogP contribution in [-0.2, 0) is 38.1 Å². The molecule has 3 aliphatic carbocycles. The summed E-state index contributed by atoms with van der Waals surface area (Å²) >= 11 is 0.987. The molecule has 2 bridgehead atoms. The number of furan rings is 1. The van der Waals surface area contributed by atoms with Gasteiger partial charge in [0.25, 0.3) is 5.24 Å². The van der Waals surface area contributed by atoms with Crippen LogP contribution in [0.25, 0.3) is 0 Å². The molecular weight excluding hydrogens is 799 g/mol. The van der Waals surface area contributed by atoms with E-state index in [-0.39, 0.29) is 35.5 Å². The number of unbranched alkanes of at least 4 members (excludes halogenated alkanes) is 1. The van der Waals surface area contributed by atoms with Crippen molar-refractivity contribution >= 4 is 40.9 Å². The minimum atomic E-state index is -2.28. The van der Waals surface area contributed by atoms with Crippen molar-refractivity contribution in [3.63, 3.8) is 0 Å². The van der Waals surface area contributed by atoms with Gasteiger partial charge in [-0.15, -0.1) is 0 Å². The number of esters is 4. The number of ether oxygens (including phenoxy) is 5. The van der Waals surface area contributed by atoms with Gasteiger partial charge in [0.1, 0.15) is 41.8 Å². The van der Waals surface area contributed by atoms with Crippen molar-refractivity contribution in [3.8, 4) is 0 Å². The van der Waals surface area contributed by atoms with Gasteiger partial charge < -0.3 is 48.7 Å².